The fraction of sp³-hybridized carbons (Fsp3) is 0.200. The molecule has 0 spiro atoms. The van der Waals surface area contributed by atoms with E-state index in [0.717, 1.165) is 11.1 Å². The van der Waals surface area contributed by atoms with Crippen LogP contribution < -0.4 is 21.1 Å². The van der Waals surface area contributed by atoms with Crippen LogP contribution in [0.3, 0.4) is 0 Å². The number of aromatic nitrogens is 3. The van der Waals surface area contributed by atoms with Crippen molar-refractivity contribution in [2.24, 2.45) is 0 Å². The number of amides is 2. The van der Waals surface area contributed by atoms with Crippen molar-refractivity contribution in [1.29, 1.82) is 0 Å². The van der Waals surface area contributed by atoms with Crippen LogP contribution in [0.1, 0.15) is 21.6 Å². The van der Waals surface area contributed by atoms with Crippen LogP contribution in [-0.2, 0) is 11.3 Å². The van der Waals surface area contributed by atoms with Crippen LogP contribution >= 0.6 is 0 Å². The van der Waals surface area contributed by atoms with Crippen molar-refractivity contribution in [2.45, 2.75) is 20.4 Å². The average molecular weight is 394 g/mol. The molecule has 9 heteroatoms. The number of ether oxygens (including phenoxy) is 1. The van der Waals surface area contributed by atoms with Crippen LogP contribution in [0, 0.1) is 13.8 Å². The van der Waals surface area contributed by atoms with Gasteiger partial charge in [0.1, 0.15) is 12.3 Å². The first-order chi connectivity index (χ1) is 13.9. The zero-order chi connectivity index (χ0) is 21.0. The number of carbonyl (C=O) groups is 2. The summed E-state index contributed by atoms with van der Waals surface area (Å²) in [5.41, 5.74) is 9.21. The molecule has 0 aliphatic rings. The Morgan fingerprint density at radius 1 is 1.10 bits per heavy atom. The third-order valence-corrected chi connectivity index (χ3v) is 4.29. The number of nitrogens with one attached hydrogen (secondary N) is 2. The SMILES string of the molecule is COc1ccc(NC(=O)Cn2nnc(C(=O)Nc3ccc(C)cc3C)c2N)cc1. The molecule has 3 aromatic rings. The number of hydrogen-bond acceptors (Lipinski definition) is 6. The van der Waals surface area contributed by atoms with Gasteiger partial charge in [0.05, 0.1) is 7.11 Å². The predicted octanol–water partition coefficient (Wildman–Crippen LogP) is 2.38. The molecule has 0 aliphatic carbocycles. The highest BCUT2D eigenvalue weighted by Crippen LogP contribution is 2.18. The van der Waals surface area contributed by atoms with Gasteiger partial charge in [0, 0.05) is 11.4 Å². The standard InChI is InChI=1S/C20H22N6O3/c1-12-4-9-16(13(2)10-12)23-20(28)18-19(21)26(25-24-18)11-17(27)22-14-5-7-15(29-3)8-6-14/h4-10H,11,21H2,1-3H3,(H,22,27)(H,23,28). The number of nitrogen functional groups attached to an aromatic ring is 1. The van der Waals surface area contributed by atoms with Crippen LogP contribution in [0.15, 0.2) is 42.5 Å². The molecule has 2 amide bonds. The van der Waals surface area contributed by atoms with Gasteiger partial charge in [-0.3, -0.25) is 9.59 Å². The van der Waals surface area contributed by atoms with E-state index in [9.17, 15) is 9.59 Å². The Bertz CT molecular complexity index is 1040. The molecule has 4 N–H and O–H groups in total. The first-order valence-corrected chi connectivity index (χ1v) is 8.89. The number of methoxy groups -OCH3 is 1. The summed E-state index contributed by atoms with van der Waals surface area (Å²) in [4.78, 5) is 24.8. The number of nitrogens with zero attached hydrogens (tertiary/aromatic N) is 3. The number of carbonyl (C=O) groups excluding carboxylic acids is 2. The molecule has 9 nitrogen and oxygen atoms in total. The van der Waals surface area contributed by atoms with Gasteiger partial charge in [-0.15, -0.1) is 5.10 Å². The summed E-state index contributed by atoms with van der Waals surface area (Å²) in [6, 6.07) is 12.6. The van der Waals surface area contributed by atoms with Gasteiger partial charge in [0.2, 0.25) is 5.91 Å². The topological polar surface area (TPSA) is 124 Å². The molecule has 0 aliphatic heterocycles. The van der Waals surface area contributed by atoms with Crippen molar-refractivity contribution in [3.63, 3.8) is 0 Å². The summed E-state index contributed by atoms with van der Waals surface area (Å²) in [7, 11) is 1.56. The number of benzene rings is 2. The molecule has 0 fully saturated rings. The molecular formula is C20H22N6O3. The highest BCUT2D eigenvalue weighted by molar-refractivity contribution is 6.06. The van der Waals surface area contributed by atoms with E-state index >= 15 is 0 Å². The maximum atomic E-state index is 12.5. The van der Waals surface area contributed by atoms with Gasteiger partial charge >= 0.3 is 0 Å². The van der Waals surface area contributed by atoms with Gasteiger partial charge in [0.25, 0.3) is 5.91 Å². The summed E-state index contributed by atoms with van der Waals surface area (Å²) in [5.74, 6) is -0.149. The first-order valence-electron chi connectivity index (χ1n) is 8.89. The van der Waals surface area contributed by atoms with E-state index in [2.05, 4.69) is 20.9 Å². The Hall–Kier alpha value is -3.88. The van der Waals surface area contributed by atoms with Crippen molar-refractivity contribution in [3.8, 4) is 5.75 Å². The van der Waals surface area contributed by atoms with Crippen molar-refractivity contribution in [2.75, 3.05) is 23.5 Å². The predicted molar refractivity (Wildman–Crippen MR) is 110 cm³/mol. The van der Waals surface area contributed by atoms with E-state index in [4.69, 9.17) is 10.5 Å². The smallest absolute Gasteiger partial charge is 0.280 e. The maximum absolute atomic E-state index is 12.5. The van der Waals surface area contributed by atoms with E-state index in [-0.39, 0.29) is 24.0 Å². The second kappa shape index (κ2) is 8.42. The highest BCUT2D eigenvalue weighted by atomic mass is 16.5. The van der Waals surface area contributed by atoms with Crippen molar-refractivity contribution < 1.29 is 14.3 Å². The molecular weight excluding hydrogens is 372 g/mol. The van der Waals surface area contributed by atoms with Crippen LogP contribution in [0.2, 0.25) is 0 Å². The molecule has 0 saturated heterocycles. The minimum absolute atomic E-state index is 0.0112. The molecule has 1 heterocycles. The van der Waals surface area contributed by atoms with Crippen LogP contribution in [-0.4, -0.2) is 33.9 Å². The maximum Gasteiger partial charge on any atom is 0.280 e. The monoisotopic (exact) mass is 394 g/mol. The molecule has 0 atom stereocenters. The van der Waals surface area contributed by atoms with Gasteiger partial charge in [-0.2, -0.15) is 0 Å². The minimum atomic E-state index is -0.490. The zero-order valence-electron chi connectivity index (χ0n) is 16.4. The Balaban J connectivity index is 1.66. The van der Waals surface area contributed by atoms with Crippen LogP contribution in [0.5, 0.6) is 5.75 Å². The Kier molecular flexibility index (Phi) is 5.77. The molecule has 0 unspecified atom stereocenters. The molecule has 0 bridgehead atoms. The van der Waals surface area contributed by atoms with Crippen molar-refractivity contribution in [3.05, 3.63) is 59.3 Å². The molecule has 1 aromatic heterocycles. The van der Waals surface area contributed by atoms with E-state index in [1.165, 1.54) is 4.68 Å². The Morgan fingerprint density at radius 3 is 2.48 bits per heavy atom. The molecule has 0 saturated carbocycles. The fourth-order valence-electron chi connectivity index (χ4n) is 2.75. The summed E-state index contributed by atoms with van der Waals surface area (Å²) >= 11 is 0. The summed E-state index contributed by atoms with van der Waals surface area (Å²) in [6.07, 6.45) is 0. The zero-order valence-corrected chi connectivity index (χ0v) is 16.4. The summed E-state index contributed by atoms with van der Waals surface area (Å²) < 4.78 is 6.25. The van der Waals surface area contributed by atoms with E-state index < -0.39 is 5.91 Å². The minimum Gasteiger partial charge on any atom is -0.497 e. The number of rotatable bonds is 6. The first kappa shape index (κ1) is 19.9. The Morgan fingerprint density at radius 2 is 1.83 bits per heavy atom. The third kappa shape index (κ3) is 4.70. The quantitative estimate of drug-likeness (QED) is 0.590. The lowest BCUT2D eigenvalue weighted by Crippen LogP contribution is -2.21. The molecule has 2 aromatic carbocycles. The second-order valence-electron chi connectivity index (χ2n) is 6.53. The van der Waals surface area contributed by atoms with E-state index in [1.54, 1.807) is 31.4 Å². The van der Waals surface area contributed by atoms with Crippen molar-refractivity contribution >= 4 is 29.0 Å². The number of anilines is 3. The number of aryl methyl sites for hydroxylation is 2. The van der Waals surface area contributed by atoms with Crippen molar-refractivity contribution in [1.82, 2.24) is 15.0 Å². The van der Waals surface area contributed by atoms with Gasteiger partial charge in [-0.1, -0.05) is 22.9 Å². The van der Waals surface area contributed by atoms with Crippen LogP contribution in [0.4, 0.5) is 17.2 Å². The fourth-order valence-corrected chi connectivity index (χ4v) is 2.75. The van der Waals surface area contributed by atoms with E-state index in [1.807, 2.05) is 32.0 Å². The van der Waals surface area contributed by atoms with Gasteiger partial charge in [0.15, 0.2) is 11.5 Å². The average Bonchev–Trinajstić information content (AvgIpc) is 3.05. The normalized spacial score (nSPS) is 10.4. The lowest BCUT2D eigenvalue weighted by Gasteiger charge is -2.09. The molecule has 29 heavy (non-hydrogen) atoms. The Labute approximate surface area is 167 Å². The molecule has 150 valence electrons. The molecule has 3 rings (SSSR count). The van der Waals surface area contributed by atoms with Gasteiger partial charge in [-0.25, -0.2) is 4.68 Å². The van der Waals surface area contributed by atoms with Gasteiger partial charge in [-0.05, 0) is 49.7 Å². The number of hydrogen-bond donors (Lipinski definition) is 3. The van der Waals surface area contributed by atoms with E-state index in [0.29, 0.717) is 17.1 Å². The number of nitrogens with two attached hydrogens (primary N) is 1. The summed E-state index contributed by atoms with van der Waals surface area (Å²) in [5, 5.41) is 13.1. The lowest BCUT2D eigenvalue weighted by atomic mass is 10.1. The van der Waals surface area contributed by atoms with Crippen LogP contribution in [0.25, 0.3) is 0 Å². The third-order valence-electron chi connectivity index (χ3n) is 4.29. The summed E-state index contributed by atoms with van der Waals surface area (Å²) in [6.45, 7) is 3.69. The lowest BCUT2D eigenvalue weighted by molar-refractivity contribution is -0.116. The molecule has 0 radical (unpaired) electrons. The highest BCUT2D eigenvalue weighted by Gasteiger charge is 2.19. The van der Waals surface area contributed by atoms with Gasteiger partial charge < -0.3 is 21.1 Å². The second-order valence-corrected chi connectivity index (χ2v) is 6.53. The largest absolute Gasteiger partial charge is 0.497 e.